The summed E-state index contributed by atoms with van der Waals surface area (Å²) in [7, 11) is 0. The highest BCUT2D eigenvalue weighted by Crippen LogP contribution is 2.24. The summed E-state index contributed by atoms with van der Waals surface area (Å²) in [5.41, 5.74) is -0.201. The molecule has 0 N–H and O–H groups in total. The summed E-state index contributed by atoms with van der Waals surface area (Å²) < 4.78 is 37.6. The lowest BCUT2D eigenvalue weighted by atomic mass is 10.1. The number of rotatable bonds is 3. The van der Waals surface area contributed by atoms with E-state index >= 15 is 0 Å². The molecule has 1 rings (SSSR count). The normalized spacial score (nSPS) is 11.5. The Bertz CT molecular complexity index is 387. The van der Waals surface area contributed by atoms with Crippen LogP contribution >= 0.6 is 23.2 Å². The molecule has 15 heavy (non-hydrogen) atoms. The Kier molecular flexibility index (Phi) is 3.62. The molecule has 0 amide bonds. The average Bonchev–Trinajstić information content (AvgIpc) is 2.09. The van der Waals surface area contributed by atoms with Gasteiger partial charge in [0.2, 0.25) is 5.78 Å². The van der Waals surface area contributed by atoms with Gasteiger partial charge in [-0.15, -0.1) is 0 Å². The summed E-state index contributed by atoms with van der Waals surface area (Å²) in [6.45, 7) is 0. The van der Waals surface area contributed by atoms with Crippen molar-refractivity contribution in [3.63, 3.8) is 0 Å². The van der Waals surface area contributed by atoms with E-state index in [4.69, 9.17) is 11.6 Å². The van der Waals surface area contributed by atoms with E-state index in [1.807, 2.05) is 0 Å². The van der Waals surface area contributed by atoms with Crippen LogP contribution in [0.3, 0.4) is 0 Å². The lowest BCUT2D eigenvalue weighted by Crippen LogP contribution is -2.23. The molecule has 0 atom stereocenters. The molecular weight excluding hydrogens is 252 g/mol. The molecule has 82 valence electrons. The van der Waals surface area contributed by atoms with Gasteiger partial charge in [-0.05, 0) is 35.4 Å². The molecule has 0 bridgehead atoms. The summed E-state index contributed by atoms with van der Waals surface area (Å²) in [5, 5.41) is -3.81. The Hall–Kier alpha value is -0.740. The number of hydrogen-bond acceptors (Lipinski definition) is 1. The monoisotopic (exact) mass is 256 g/mol. The second-order valence-corrected chi connectivity index (χ2v) is 3.74. The molecule has 0 aliphatic heterocycles. The van der Waals surface area contributed by atoms with E-state index in [0.717, 1.165) is 12.1 Å². The zero-order chi connectivity index (χ0) is 11.6. The predicted molar refractivity (Wildman–Crippen MR) is 50.9 cm³/mol. The third-order valence-corrected chi connectivity index (χ3v) is 2.12. The van der Waals surface area contributed by atoms with Gasteiger partial charge in [-0.2, -0.15) is 8.78 Å². The van der Waals surface area contributed by atoms with Gasteiger partial charge < -0.3 is 0 Å². The highest BCUT2D eigenvalue weighted by molar-refractivity contribution is 6.32. The predicted octanol–water partition coefficient (Wildman–Crippen LogP) is 3.42. The number of alkyl halides is 3. The van der Waals surface area contributed by atoms with Crippen molar-refractivity contribution in [3.8, 4) is 0 Å². The van der Waals surface area contributed by atoms with Gasteiger partial charge >= 0.3 is 5.38 Å². The highest BCUT2D eigenvalue weighted by atomic mass is 35.5. The van der Waals surface area contributed by atoms with Crippen LogP contribution in [0.1, 0.15) is 5.56 Å². The average molecular weight is 257 g/mol. The van der Waals surface area contributed by atoms with Crippen LogP contribution in [0, 0.1) is 5.82 Å². The SMILES string of the molecule is O=C(Cc1cc(Cl)ccc1F)C(F)(F)Cl. The van der Waals surface area contributed by atoms with E-state index < -0.39 is 23.4 Å². The van der Waals surface area contributed by atoms with Crippen molar-refractivity contribution in [1.82, 2.24) is 0 Å². The van der Waals surface area contributed by atoms with Crippen LogP contribution < -0.4 is 0 Å². The van der Waals surface area contributed by atoms with E-state index in [0.29, 0.717) is 0 Å². The minimum absolute atomic E-state index is 0.164. The summed E-state index contributed by atoms with van der Waals surface area (Å²) in [6.07, 6.45) is -0.789. The number of hydrogen-bond donors (Lipinski definition) is 0. The van der Waals surface area contributed by atoms with Gasteiger partial charge in [0.25, 0.3) is 0 Å². The molecule has 0 heterocycles. The third-order valence-electron chi connectivity index (χ3n) is 1.67. The number of benzene rings is 1. The number of Topliss-reactive ketones (excluding diaryl/α,β-unsaturated/α-hetero) is 1. The molecule has 0 spiro atoms. The Balaban J connectivity index is 2.90. The quantitative estimate of drug-likeness (QED) is 0.758. The Morgan fingerprint density at radius 1 is 1.40 bits per heavy atom. The summed E-state index contributed by atoms with van der Waals surface area (Å²) in [5.74, 6) is -2.33. The van der Waals surface area contributed by atoms with Gasteiger partial charge in [0.1, 0.15) is 5.82 Å². The minimum Gasteiger partial charge on any atom is -0.291 e. The second-order valence-electron chi connectivity index (χ2n) is 2.83. The lowest BCUT2D eigenvalue weighted by Gasteiger charge is -2.07. The Labute approximate surface area is 93.8 Å². The molecule has 0 saturated carbocycles. The zero-order valence-electron chi connectivity index (χ0n) is 7.24. The first-order valence-electron chi connectivity index (χ1n) is 3.84. The molecule has 0 unspecified atom stereocenters. The van der Waals surface area contributed by atoms with Crippen LogP contribution in [0.25, 0.3) is 0 Å². The van der Waals surface area contributed by atoms with Crippen molar-refractivity contribution in [2.75, 3.05) is 0 Å². The molecule has 0 radical (unpaired) electrons. The number of ketones is 1. The van der Waals surface area contributed by atoms with Crippen molar-refractivity contribution < 1.29 is 18.0 Å². The molecule has 6 heteroatoms. The molecule has 0 aliphatic carbocycles. The first-order chi connectivity index (χ1) is 6.80. The maximum absolute atomic E-state index is 13.0. The van der Waals surface area contributed by atoms with E-state index in [-0.39, 0.29) is 10.6 Å². The van der Waals surface area contributed by atoms with E-state index in [9.17, 15) is 18.0 Å². The van der Waals surface area contributed by atoms with Crippen molar-refractivity contribution in [2.24, 2.45) is 0 Å². The molecule has 1 nitrogen and oxygen atoms in total. The summed E-state index contributed by atoms with van der Waals surface area (Å²) >= 11 is 10.0. The molecule has 0 fully saturated rings. The van der Waals surface area contributed by atoms with Gasteiger partial charge in [-0.25, -0.2) is 4.39 Å². The first kappa shape index (κ1) is 12.3. The largest absolute Gasteiger partial charge is 0.380 e. The van der Waals surface area contributed by atoms with Crippen molar-refractivity contribution >= 4 is 29.0 Å². The highest BCUT2D eigenvalue weighted by Gasteiger charge is 2.35. The van der Waals surface area contributed by atoms with Gasteiger partial charge in [-0.1, -0.05) is 11.6 Å². The van der Waals surface area contributed by atoms with Crippen LogP contribution in [0.5, 0.6) is 0 Å². The van der Waals surface area contributed by atoms with E-state index in [2.05, 4.69) is 11.6 Å². The van der Waals surface area contributed by atoms with E-state index in [1.165, 1.54) is 6.07 Å². The Morgan fingerprint density at radius 3 is 2.53 bits per heavy atom. The lowest BCUT2D eigenvalue weighted by molar-refractivity contribution is -0.132. The number of carbonyl (C=O) groups excluding carboxylic acids is 1. The van der Waals surface area contributed by atoms with Crippen molar-refractivity contribution in [2.45, 2.75) is 11.8 Å². The minimum atomic E-state index is -3.98. The van der Waals surface area contributed by atoms with Crippen LogP contribution in [-0.4, -0.2) is 11.2 Å². The summed E-state index contributed by atoms with van der Waals surface area (Å²) in [6, 6.07) is 3.36. The molecule has 0 aliphatic rings. The van der Waals surface area contributed by atoms with Gasteiger partial charge in [0.15, 0.2) is 0 Å². The van der Waals surface area contributed by atoms with Gasteiger partial charge in [-0.3, -0.25) is 4.79 Å². The molecular formula is C9H5Cl2F3O. The van der Waals surface area contributed by atoms with Crippen LogP contribution in [0.15, 0.2) is 18.2 Å². The standard InChI is InChI=1S/C9H5Cl2F3O/c10-6-1-2-7(12)5(3-6)4-8(15)9(11,13)14/h1-3H,4H2. The van der Waals surface area contributed by atoms with Crippen molar-refractivity contribution in [1.29, 1.82) is 0 Å². The second kappa shape index (κ2) is 4.41. The number of halogens is 5. The fraction of sp³-hybridized carbons (Fsp3) is 0.222. The van der Waals surface area contributed by atoms with Crippen LogP contribution in [0.4, 0.5) is 13.2 Å². The molecule has 1 aromatic carbocycles. The fourth-order valence-corrected chi connectivity index (χ4v) is 1.21. The van der Waals surface area contributed by atoms with Gasteiger partial charge in [0.05, 0.1) is 0 Å². The van der Waals surface area contributed by atoms with Gasteiger partial charge in [0, 0.05) is 11.4 Å². The van der Waals surface area contributed by atoms with Crippen LogP contribution in [-0.2, 0) is 11.2 Å². The summed E-state index contributed by atoms with van der Waals surface area (Å²) in [4.78, 5) is 10.8. The molecule has 1 aromatic rings. The maximum atomic E-state index is 13.0. The maximum Gasteiger partial charge on any atom is 0.380 e. The smallest absolute Gasteiger partial charge is 0.291 e. The van der Waals surface area contributed by atoms with Crippen molar-refractivity contribution in [3.05, 3.63) is 34.6 Å². The zero-order valence-corrected chi connectivity index (χ0v) is 8.75. The topological polar surface area (TPSA) is 17.1 Å². The fourth-order valence-electron chi connectivity index (χ4n) is 0.952. The number of carbonyl (C=O) groups is 1. The molecule has 0 saturated heterocycles. The Morgan fingerprint density at radius 2 is 2.00 bits per heavy atom. The molecule has 0 aromatic heterocycles. The van der Waals surface area contributed by atoms with E-state index in [1.54, 1.807) is 0 Å². The van der Waals surface area contributed by atoms with Crippen LogP contribution in [0.2, 0.25) is 5.02 Å². The first-order valence-corrected chi connectivity index (χ1v) is 4.60. The third kappa shape index (κ3) is 3.39.